The van der Waals surface area contributed by atoms with Gasteiger partial charge in [0, 0.05) is 99.4 Å². The molecule has 0 spiro atoms. The van der Waals surface area contributed by atoms with Crippen molar-refractivity contribution >= 4 is 62.0 Å². The molecule has 24 heteroatoms. The van der Waals surface area contributed by atoms with Crippen LogP contribution >= 0.6 is 15.9 Å². The van der Waals surface area contributed by atoms with Gasteiger partial charge in [0.1, 0.15) is 43.2 Å². The molecule has 3 amide bonds. The Bertz CT molecular complexity index is 3470. The standard InChI is InChI=1S/C33H44N6O7.C28H34BrN5O5/c1-32(2,3)45-30(41)36-22-17-26-25(35-19-22)7-8-29(40)38(26)14-13-37-11-9-24(10-12-37)39(31(42)46-33(4,5)6)21-23-18-27-28(20-34-23)44-16-15-43-27;1-28(2,3)39-27(36)34(18-20-15-24-25(17-30-20)38-13-12-37-24)21-6-8-32(9-7-21)10-11-33-23-14-19(29)16-31-22(23)4-5-26(33)35/h7-8,17-20,24H,9-16,21H2,1-6H3,(H,36,41);4-5,14-17,21H,6-13,18H2,1-3H3. The van der Waals surface area contributed by atoms with E-state index in [1.54, 1.807) is 88.8 Å². The molecule has 456 valence electrons. The number of fused-ring (bicyclic) bond motifs is 4. The van der Waals surface area contributed by atoms with Crippen LogP contribution in [0.2, 0.25) is 0 Å². The van der Waals surface area contributed by atoms with Crippen LogP contribution < -0.4 is 35.4 Å². The molecule has 0 aliphatic carbocycles. The molecular weight excluding hydrogens is 1160 g/mol. The summed E-state index contributed by atoms with van der Waals surface area (Å²) in [6.07, 6.45) is 8.31. The molecule has 10 rings (SSSR count). The highest BCUT2D eigenvalue weighted by Crippen LogP contribution is 2.33. The van der Waals surface area contributed by atoms with E-state index in [1.165, 1.54) is 6.07 Å². The number of rotatable bonds is 13. The van der Waals surface area contributed by atoms with E-state index in [0.717, 1.165) is 79.6 Å². The van der Waals surface area contributed by atoms with Crippen molar-refractivity contribution in [2.45, 2.75) is 143 Å². The Labute approximate surface area is 503 Å². The molecule has 1 N–H and O–H groups in total. The van der Waals surface area contributed by atoms with E-state index in [0.29, 0.717) is 98.0 Å². The fourth-order valence-electron chi connectivity index (χ4n) is 10.5. The van der Waals surface area contributed by atoms with Gasteiger partial charge in [-0.1, -0.05) is 0 Å². The van der Waals surface area contributed by atoms with Crippen LogP contribution in [0.1, 0.15) is 99.4 Å². The van der Waals surface area contributed by atoms with Crippen LogP contribution in [-0.2, 0) is 40.4 Å². The quantitative estimate of drug-likeness (QED) is 0.106. The zero-order valence-electron chi connectivity index (χ0n) is 50.1. The molecular formula is C61H78BrN11O12. The number of likely N-dealkylation sites (tertiary alicyclic amines) is 2. The lowest BCUT2D eigenvalue weighted by Crippen LogP contribution is -2.49. The molecule has 23 nitrogen and oxygen atoms in total. The molecule has 0 atom stereocenters. The number of carbonyl (C=O) groups is 3. The largest absolute Gasteiger partial charge is 0.486 e. The van der Waals surface area contributed by atoms with Gasteiger partial charge >= 0.3 is 18.3 Å². The van der Waals surface area contributed by atoms with Crippen LogP contribution in [0.4, 0.5) is 20.1 Å². The molecule has 10 heterocycles. The number of nitrogens with zero attached hydrogens (tertiary/aromatic N) is 10. The van der Waals surface area contributed by atoms with Crippen LogP contribution in [0.25, 0.3) is 22.1 Å². The Morgan fingerprint density at radius 2 is 0.953 bits per heavy atom. The molecule has 2 saturated heterocycles. The van der Waals surface area contributed by atoms with Gasteiger partial charge < -0.3 is 52.1 Å². The van der Waals surface area contributed by atoms with Crippen molar-refractivity contribution in [2.75, 3.05) is 71.0 Å². The summed E-state index contributed by atoms with van der Waals surface area (Å²) >= 11 is 3.46. The van der Waals surface area contributed by atoms with E-state index in [-0.39, 0.29) is 41.9 Å². The highest BCUT2D eigenvalue weighted by Gasteiger charge is 2.34. The normalized spacial score (nSPS) is 16.0. The first kappa shape index (κ1) is 62.0. The number of nitrogens with one attached hydrogen (secondary N) is 1. The van der Waals surface area contributed by atoms with Crippen molar-refractivity contribution < 1.29 is 47.5 Å². The van der Waals surface area contributed by atoms with Gasteiger partial charge in [-0.15, -0.1) is 0 Å². The minimum absolute atomic E-state index is 0.00605. The molecule has 6 aromatic rings. The molecule has 4 aliphatic rings. The van der Waals surface area contributed by atoms with E-state index in [9.17, 15) is 24.0 Å². The van der Waals surface area contributed by atoms with Gasteiger partial charge in [-0.25, -0.2) is 14.4 Å². The second-order valence-electron chi connectivity index (χ2n) is 24.5. The van der Waals surface area contributed by atoms with Crippen LogP contribution in [0.5, 0.6) is 23.0 Å². The van der Waals surface area contributed by atoms with E-state index in [2.05, 4.69) is 51.0 Å². The van der Waals surface area contributed by atoms with Gasteiger partial charge in [-0.05, 0) is 128 Å². The molecule has 2 fully saturated rings. The number of carbonyl (C=O) groups excluding carboxylic acids is 3. The summed E-state index contributed by atoms with van der Waals surface area (Å²) < 4.78 is 43.8. The van der Waals surface area contributed by atoms with Gasteiger partial charge in [0.05, 0.1) is 70.8 Å². The highest BCUT2D eigenvalue weighted by atomic mass is 79.9. The predicted octanol–water partition coefficient (Wildman–Crippen LogP) is 9.04. The summed E-state index contributed by atoms with van der Waals surface area (Å²) in [6, 6.07) is 13.8. The number of ether oxygens (including phenoxy) is 7. The molecule has 0 bridgehead atoms. The number of halogens is 1. The average Bonchev–Trinajstić information content (AvgIpc) is 3.15. The van der Waals surface area contributed by atoms with Crippen LogP contribution in [0.3, 0.4) is 0 Å². The smallest absolute Gasteiger partial charge is 0.412 e. The Morgan fingerprint density at radius 1 is 0.541 bits per heavy atom. The number of amides is 3. The first-order valence-corrected chi connectivity index (χ1v) is 29.8. The molecule has 6 aromatic heterocycles. The molecule has 85 heavy (non-hydrogen) atoms. The number of pyridine rings is 6. The van der Waals surface area contributed by atoms with Crippen molar-refractivity contribution in [1.82, 2.24) is 48.7 Å². The third-order valence-corrected chi connectivity index (χ3v) is 14.9. The maximum absolute atomic E-state index is 13.4. The summed E-state index contributed by atoms with van der Waals surface area (Å²) in [4.78, 5) is 90.7. The summed E-state index contributed by atoms with van der Waals surface area (Å²) in [5.41, 5.74) is 2.66. The topological polar surface area (TPSA) is 236 Å². The van der Waals surface area contributed by atoms with Gasteiger partial charge in [0.2, 0.25) is 0 Å². The van der Waals surface area contributed by atoms with E-state index in [4.69, 9.17) is 33.2 Å². The van der Waals surface area contributed by atoms with Crippen molar-refractivity contribution in [3.8, 4) is 23.0 Å². The number of hydrogen-bond donors (Lipinski definition) is 1. The zero-order valence-corrected chi connectivity index (χ0v) is 51.6. The van der Waals surface area contributed by atoms with Gasteiger partial charge in [-0.2, -0.15) is 0 Å². The number of piperidine rings is 2. The lowest BCUT2D eigenvalue weighted by Gasteiger charge is -2.39. The van der Waals surface area contributed by atoms with Gasteiger partial charge in [0.25, 0.3) is 11.1 Å². The van der Waals surface area contributed by atoms with Gasteiger partial charge in [0.15, 0.2) is 23.0 Å². The van der Waals surface area contributed by atoms with E-state index < -0.39 is 22.9 Å². The second kappa shape index (κ2) is 26.8. The van der Waals surface area contributed by atoms with Crippen LogP contribution in [0, 0.1) is 0 Å². The van der Waals surface area contributed by atoms with Crippen LogP contribution in [-0.4, -0.2) is 162 Å². The predicted molar refractivity (Wildman–Crippen MR) is 322 cm³/mol. The third-order valence-electron chi connectivity index (χ3n) is 14.5. The highest BCUT2D eigenvalue weighted by molar-refractivity contribution is 9.10. The van der Waals surface area contributed by atoms with Crippen molar-refractivity contribution in [3.63, 3.8) is 0 Å². The summed E-state index contributed by atoms with van der Waals surface area (Å²) in [5, 5.41) is 2.70. The molecule has 0 saturated carbocycles. The molecule has 0 unspecified atom stereocenters. The molecule has 0 aromatic carbocycles. The molecule has 4 aliphatic heterocycles. The first-order valence-electron chi connectivity index (χ1n) is 29.0. The Hall–Kier alpha value is -7.57. The molecule has 0 radical (unpaired) electrons. The number of anilines is 1. The average molecular weight is 1240 g/mol. The van der Waals surface area contributed by atoms with Gasteiger partial charge in [-0.3, -0.25) is 44.6 Å². The van der Waals surface area contributed by atoms with Crippen LogP contribution in [0.15, 0.2) is 87.4 Å². The monoisotopic (exact) mass is 1240 g/mol. The maximum Gasteiger partial charge on any atom is 0.412 e. The minimum Gasteiger partial charge on any atom is -0.486 e. The Morgan fingerprint density at radius 3 is 1.39 bits per heavy atom. The third kappa shape index (κ3) is 17.1. The SMILES string of the molecule is CC(C)(C)OC(=O)N(Cc1cc2c(cn1)OCCO2)C1CCN(CCn2c(=O)ccc3ncc(Br)cc32)CC1.CC(C)(C)OC(=O)Nc1cnc2ccc(=O)n(CCN3CCC(N(Cc4cc5c(cn4)OCCO5)C(=O)OC(C)(C)C)CC3)c2c1. The Balaban J connectivity index is 0.000000206. The van der Waals surface area contributed by atoms with Crippen molar-refractivity contribution in [2.24, 2.45) is 0 Å². The fourth-order valence-corrected chi connectivity index (χ4v) is 10.8. The Kier molecular flexibility index (Phi) is 19.5. The summed E-state index contributed by atoms with van der Waals surface area (Å²) in [7, 11) is 0. The van der Waals surface area contributed by atoms with Crippen molar-refractivity contribution in [1.29, 1.82) is 0 Å². The summed E-state index contributed by atoms with van der Waals surface area (Å²) in [5.74, 6) is 2.50. The lowest BCUT2D eigenvalue weighted by molar-refractivity contribution is 0.00436. The van der Waals surface area contributed by atoms with E-state index >= 15 is 0 Å². The minimum atomic E-state index is -0.643. The zero-order chi connectivity index (χ0) is 60.6. The second-order valence-corrected chi connectivity index (χ2v) is 25.4. The number of hydrogen-bond acceptors (Lipinski definition) is 18. The fraction of sp³-hybridized carbons (Fsp3) is 0.525. The van der Waals surface area contributed by atoms with Crippen molar-refractivity contribution in [3.05, 3.63) is 110 Å². The first-order chi connectivity index (χ1) is 40.4. The number of aromatic nitrogens is 6. The lowest BCUT2D eigenvalue weighted by atomic mass is 10.0. The van der Waals surface area contributed by atoms with E-state index in [1.807, 2.05) is 59.7 Å². The maximum atomic E-state index is 13.4. The summed E-state index contributed by atoms with van der Waals surface area (Å²) in [6.45, 7) is 24.6.